The van der Waals surface area contributed by atoms with Crippen LogP contribution in [0.2, 0.25) is 0 Å². The number of rotatable bonds is 7. The maximum Gasteiger partial charge on any atom is 0.262 e. The summed E-state index contributed by atoms with van der Waals surface area (Å²) in [4.78, 5) is 19.4. The van der Waals surface area contributed by atoms with Gasteiger partial charge in [-0.1, -0.05) is 17.7 Å². The summed E-state index contributed by atoms with van der Waals surface area (Å²) in [5, 5.41) is 2.89. The van der Waals surface area contributed by atoms with Crippen molar-refractivity contribution in [1.82, 2.24) is 14.5 Å². The predicted molar refractivity (Wildman–Crippen MR) is 112 cm³/mol. The number of benzene rings is 2. The molecule has 1 aliphatic heterocycles. The summed E-state index contributed by atoms with van der Waals surface area (Å²) < 4.78 is 13.0. The van der Waals surface area contributed by atoms with Crippen LogP contribution in [0.1, 0.15) is 11.4 Å². The lowest BCUT2D eigenvalue weighted by Gasteiger charge is -2.27. The Bertz CT molecular complexity index is 997. The molecule has 0 saturated heterocycles. The first-order valence-corrected chi connectivity index (χ1v) is 9.82. The molecule has 0 aliphatic carbocycles. The second-order valence-electron chi connectivity index (χ2n) is 7.30. The van der Waals surface area contributed by atoms with Gasteiger partial charge in [-0.25, -0.2) is 4.98 Å². The molecule has 1 aromatic heterocycles. The molecule has 0 bridgehead atoms. The molecule has 7 nitrogen and oxygen atoms in total. The maximum atomic E-state index is 12.2. The van der Waals surface area contributed by atoms with E-state index in [4.69, 9.17) is 14.5 Å². The van der Waals surface area contributed by atoms with Gasteiger partial charge in [-0.3, -0.25) is 9.69 Å². The van der Waals surface area contributed by atoms with E-state index in [-0.39, 0.29) is 12.5 Å². The molecule has 0 radical (unpaired) electrons. The van der Waals surface area contributed by atoms with Crippen molar-refractivity contribution in [1.29, 1.82) is 0 Å². The first-order chi connectivity index (χ1) is 14.1. The predicted octanol–water partition coefficient (Wildman–Crippen LogP) is 2.82. The highest BCUT2D eigenvalue weighted by molar-refractivity contribution is 5.94. The number of hydrogen-bond acceptors (Lipinski definition) is 5. The molecular formula is C22H26N4O3. The minimum Gasteiger partial charge on any atom is -0.484 e. The third-order valence-electron chi connectivity index (χ3n) is 5.12. The Balaban J connectivity index is 1.40. The van der Waals surface area contributed by atoms with Gasteiger partial charge in [-0.2, -0.15) is 0 Å². The van der Waals surface area contributed by atoms with Crippen LogP contribution in [-0.2, 0) is 22.6 Å². The number of anilines is 1. The molecular weight excluding hydrogens is 368 g/mol. The van der Waals surface area contributed by atoms with Gasteiger partial charge in [0.25, 0.3) is 5.91 Å². The second kappa shape index (κ2) is 8.63. The first-order valence-electron chi connectivity index (χ1n) is 9.82. The number of nitrogens with one attached hydrogen (secondary N) is 1. The standard InChI is InChI=1S/C22H26N4O3/c1-16-3-6-18(7-4-16)29-15-22(27)23-17-5-8-20-19(13-17)24-21-14-25(11-12-28-2)9-10-26(20)21/h3-8,13H,9-12,14-15H2,1-2H3,(H,23,27). The molecule has 4 rings (SSSR count). The molecule has 0 unspecified atom stereocenters. The number of imidazole rings is 1. The summed E-state index contributed by atoms with van der Waals surface area (Å²) in [6, 6.07) is 13.5. The fourth-order valence-electron chi connectivity index (χ4n) is 3.54. The van der Waals surface area contributed by atoms with Crippen LogP contribution in [0.15, 0.2) is 42.5 Å². The van der Waals surface area contributed by atoms with E-state index in [0.717, 1.165) is 60.9 Å². The van der Waals surface area contributed by atoms with E-state index in [2.05, 4.69) is 14.8 Å². The van der Waals surface area contributed by atoms with Gasteiger partial charge in [0.2, 0.25) is 0 Å². The summed E-state index contributed by atoms with van der Waals surface area (Å²) in [7, 11) is 1.72. The fraction of sp³-hybridized carbons (Fsp3) is 0.364. The van der Waals surface area contributed by atoms with Crippen molar-refractivity contribution in [2.75, 3.05) is 38.7 Å². The van der Waals surface area contributed by atoms with Crippen molar-refractivity contribution in [3.63, 3.8) is 0 Å². The van der Waals surface area contributed by atoms with Crippen LogP contribution in [0.5, 0.6) is 5.75 Å². The Labute approximate surface area is 170 Å². The van der Waals surface area contributed by atoms with E-state index >= 15 is 0 Å². The molecule has 0 spiro atoms. The van der Waals surface area contributed by atoms with Crippen LogP contribution in [0.25, 0.3) is 11.0 Å². The topological polar surface area (TPSA) is 68.6 Å². The average molecular weight is 394 g/mol. The highest BCUT2D eigenvalue weighted by atomic mass is 16.5. The molecule has 2 aromatic carbocycles. The molecule has 152 valence electrons. The van der Waals surface area contributed by atoms with Crippen LogP contribution >= 0.6 is 0 Å². The summed E-state index contributed by atoms with van der Waals surface area (Å²) >= 11 is 0. The molecule has 29 heavy (non-hydrogen) atoms. The van der Waals surface area contributed by atoms with E-state index in [1.807, 2.05) is 49.4 Å². The molecule has 3 aromatic rings. The van der Waals surface area contributed by atoms with Gasteiger partial charge in [0, 0.05) is 32.4 Å². The van der Waals surface area contributed by atoms with E-state index in [1.165, 1.54) is 0 Å². The van der Waals surface area contributed by atoms with E-state index in [9.17, 15) is 4.79 Å². The molecule has 0 fully saturated rings. The summed E-state index contributed by atoms with van der Waals surface area (Å²) in [5.74, 6) is 1.54. The summed E-state index contributed by atoms with van der Waals surface area (Å²) in [5.41, 5.74) is 3.87. The Kier molecular flexibility index (Phi) is 5.78. The fourth-order valence-corrected chi connectivity index (χ4v) is 3.54. The number of hydrogen-bond donors (Lipinski definition) is 1. The van der Waals surface area contributed by atoms with Gasteiger partial charge in [0.1, 0.15) is 11.6 Å². The minimum absolute atomic E-state index is 0.0325. The average Bonchev–Trinajstić information content (AvgIpc) is 3.08. The summed E-state index contributed by atoms with van der Waals surface area (Å²) in [6.45, 7) is 6.31. The van der Waals surface area contributed by atoms with Crippen LogP contribution in [0, 0.1) is 6.92 Å². The number of ether oxygens (including phenoxy) is 2. The number of fused-ring (bicyclic) bond motifs is 3. The lowest BCUT2D eigenvalue weighted by Crippen LogP contribution is -2.35. The largest absolute Gasteiger partial charge is 0.484 e. The lowest BCUT2D eigenvalue weighted by molar-refractivity contribution is -0.118. The molecule has 0 saturated carbocycles. The Morgan fingerprint density at radius 3 is 2.79 bits per heavy atom. The first kappa shape index (κ1) is 19.4. The van der Waals surface area contributed by atoms with Gasteiger partial charge >= 0.3 is 0 Å². The van der Waals surface area contributed by atoms with Gasteiger partial charge in [-0.05, 0) is 37.3 Å². The highest BCUT2D eigenvalue weighted by Gasteiger charge is 2.20. The van der Waals surface area contributed by atoms with Gasteiger partial charge in [0.15, 0.2) is 6.61 Å². The number of aromatic nitrogens is 2. The molecule has 1 amide bonds. The molecule has 1 aliphatic rings. The van der Waals surface area contributed by atoms with E-state index in [1.54, 1.807) is 7.11 Å². The SMILES string of the molecule is COCCN1CCn2c(nc3cc(NC(=O)COc4ccc(C)cc4)ccc32)C1. The Morgan fingerprint density at radius 1 is 1.17 bits per heavy atom. The zero-order chi connectivity index (χ0) is 20.2. The second-order valence-corrected chi connectivity index (χ2v) is 7.30. The Hall–Kier alpha value is -2.90. The Morgan fingerprint density at radius 2 is 2.00 bits per heavy atom. The van der Waals surface area contributed by atoms with Crippen molar-refractivity contribution >= 4 is 22.6 Å². The lowest BCUT2D eigenvalue weighted by atomic mass is 10.2. The van der Waals surface area contributed by atoms with Crippen molar-refractivity contribution < 1.29 is 14.3 Å². The van der Waals surface area contributed by atoms with E-state index < -0.39 is 0 Å². The molecule has 7 heteroatoms. The van der Waals surface area contributed by atoms with Crippen molar-refractivity contribution in [2.24, 2.45) is 0 Å². The van der Waals surface area contributed by atoms with Crippen molar-refractivity contribution in [3.8, 4) is 5.75 Å². The summed E-state index contributed by atoms with van der Waals surface area (Å²) in [6.07, 6.45) is 0. The monoisotopic (exact) mass is 394 g/mol. The minimum atomic E-state index is -0.195. The van der Waals surface area contributed by atoms with Crippen LogP contribution in [0.3, 0.4) is 0 Å². The maximum absolute atomic E-state index is 12.2. The number of carbonyl (C=O) groups is 1. The molecule has 0 atom stereocenters. The number of carbonyl (C=O) groups excluding carboxylic acids is 1. The molecule has 1 N–H and O–H groups in total. The third kappa shape index (κ3) is 4.58. The zero-order valence-electron chi connectivity index (χ0n) is 16.9. The van der Waals surface area contributed by atoms with Gasteiger partial charge < -0.3 is 19.4 Å². The van der Waals surface area contributed by atoms with Crippen LogP contribution in [-0.4, -0.2) is 53.8 Å². The van der Waals surface area contributed by atoms with Crippen LogP contribution < -0.4 is 10.1 Å². The smallest absolute Gasteiger partial charge is 0.262 e. The number of aryl methyl sites for hydroxylation is 1. The van der Waals surface area contributed by atoms with Gasteiger partial charge in [0.05, 0.1) is 24.2 Å². The van der Waals surface area contributed by atoms with Crippen molar-refractivity contribution in [2.45, 2.75) is 20.0 Å². The van der Waals surface area contributed by atoms with Crippen LogP contribution in [0.4, 0.5) is 5.69 Å². The zero-order valence-corrected chi connectivity index (χ0v) is 16.9. The van der Waals surface area contributed by atoms with Crippen molar-refractivity contribution in [3.05, 3.63) is 53.9 Å². The number of methoxy groups -OCH3 is 1. The van der Waals surface area contributed by atoms with E-state index in [0.29, 0.717) is 5.75 Å². The molecule has 2 heterocycles. The number of nitrogens with zero attached hydrogens (tertiary/aromatic N) is 3. The normalized spacial score (nSPS) is 14.0. The van der Waals surface area contributed by atoms with Gasteiger partial charge in [-0.15, -0.1) is 0 Å². The third-order valence-corrected chi connectivity index (χ3v) is 5.12. The highest BCUT2D eigenvalue weighted by Crippen LogP contribution is 2.24. The number of amides is 1. The quantitative estimate of drug-likeness (QED) is 0.667.